The Kier molecular flexibility index (Phi) is 4.43. The molecule has 1 spiro atoms. The number of piperazine rings is 1. The molecular weight excluding hydrogens is 502 g/mol. The zero-order valence-electron chi connectivity index (χ0n) is 20.7. The summed E-state index contributed by atoms with van der Waals surface area (Å²) in [7, 11) is 0. The number of ether oxygens (including phenoxy) is 2. The number of alkyl halides is 2. The fourth-order valence-corrected chi connectivity index (χ4v) is 8.16. The maximum absolute atomic E-state index is 12.6. The molecule has 37 heavy (non-hydrogen) atoms. The predicted octanol–water partition coefficient (Wildman–Crippen LogP) is 3.90. The molecule has 3 unspecified atom stereocenters. The van der Waals surface area contributed by atoms with E-state index in [1.54, 1.807) is 0 Å². The molecule has 2 saturated heterocycles. The second-order valence-electron chi connectivity index (χ2n) is 12.0. The van der Waals surface area contributed by atoms with Crippen molar-refractivity contribution in [2.75, 3.05) is 50.9 Å². The highest BCUT2D eigenvalue weighted by atomic mass is 35.5. The Morgan fingerprint density at radius 3 is 2.59 bits per heavy atom. The average Bonchev–Trinajstić information content (AvgIpc) is 3.33. The highest BCUT2D eigenvalue weighted by Gasteiger charge is 2.97. The zero-order chi connectivity index (χ0) is 25.2. The maximum Gasteiger partial charge on any atom is 0.345 e. The first-order valence-electron chi connectivity index (χ1n) is 13.0. The second kappa shape index (κ2) is 7.22. The van der Waals surface area contributed by atoms with E-state index < -0.39 is 6.61 Å². The van der Waals surface area contributed by atoms with E-state index >= 15 is 0 Å². The van der Waals surface area contributed by atoms with Crippen molar-refractivity contribution in [3.63, 3.8) is 0 Å². The molecule has 5 fully saturated rings. The quantitative estimate of drug-likeness (QED) is 0.462. The van der Waals surface area contributed by atoms with Crippen molar-refractivity contribution in [3.8, 4) is 5.69 Å². The summed E-state index contributed by atoms with van der Waals surface area (Å²) >= 11 is 6.74. The molecule has 2 aromatic heterocycles. The molecule has 3 aromatic rings. The fourth-order valence-electron chi connectivity index (χ4n) is 7.86. The van der Waals surface area contributed by atoms with E-state index in [2.05, 4.69) is 32.6 Å². The van der Waals surface area contributed by atoms with Crippen molar-refractivity contribution in [2.45, 2.75) is 43.9 Å². The third-order valence-electron chi connectivity index (χ3n) is 10.1. The molecule has 196 valence electrons. The first kappa shape index (κ1) is 22.7. The molecule has 2 aliphatic heterocycles. The smallest absolute Gasteiger partial charge is 0.345 e. The summed E-state index contributed by atoms with van der Waals surface area (Å²) in [5, 5.41) is 11.1. The number of benzene rings is 1. The highest BCUT2D eigenvalue weighted by molar-refractivity contribution is 6.34. The lowest BCUT2D eigenvalue weighted by Gasteiger charge is -2.50. The summed E-state index contributed by atoms with van der Waals surface area (Å²) in [6.07, 6.45) is 8.53. The summed E-state index contributed by atoms with van der Waals surface area (Å²) in [4.78, 5) is 4.88. The molecule has 0 bridgehead atoms. The van der Waals surface area contributed by atoms with Crippen molar-refractivity contribution in [1.29, 1.82) is 0 Å². The molecule has 5 aliphatic rings. The van der Waals surface area contributed by atoms with Crippen molar-refractivity contribution in [1.82, 2.24) is 24.5 Å². The SMILES string of the molecule is CC1(N2CCN(c3cc4c(cnn4-c4cnn(C56CC7(COC(F)F)CC75C6)c4)cc3Cl)CC2)COC1. The van der Waals surface area contributed by atoms with Gasteiger partial charge in [0.25, 0.3) is 0 Å². The summed E-state index contributed by atoms with van der Waals surface area (Å²) in [6, 6.07) is 4.13. The van der Waals surface area contributed by atoms with Gasteiger partial charge in [0.15, 0.2) is 0 Å². The Labute approximate surface area is 218 Å². The minimum atomic E-state index is -2.70. The fraction of sp³-hybridized carbons (Fsp3) is 0.615. The normalized spacial score (nSPS) is 33.7. The van der Waals surface area contributed by atoms with Crippen LogP contribution in [0.1, 0.15) is 26.2 Å². The van der Waals surface area contributed by atoms with E-state index in [0.717, 1.165) is 86.0 Å². The minimum Gasteiger partial charge on any atom is -0.377 e. The second-order valence-corrected chi connectivity index (χ2v) is 12.4. The van der Waals surface area contributed by atoms with E-state index in [1.807, 2.05) is 34.0 Å². The molecular formula is C26H29ClF2N6O2. The Hall–Kier alpha value is -2.27. The lowest BCUT2D eigenvalue weighted by molar-refractivity contribution is -0.150. The van der Waals surface area contributed by atoms with Gasteiger partial charge in [-0.1, -0.05) is 11.6 Å². The van der Waals surface area contributed by atoms with Gasteiger partial charge in [-0.05, 0) is 38.3 Å². The van der Waals surface area contributed by atoms with Crippen molar-refractivity contribution < 1.29 is 18.3 Å². The van der Waals surface area contributed by atoms with Crippen LogP contribution in [0.3, 0.4) is 0 Å². The topological polar surface area (TPSA) is 60.6 Å². The molecule has 8 rings (SSSR count). The van der Waals surface area contributed by atoms with E-state index in [1.165, 1.54) is 0 Å². The summed E-state index contributed by atoms with van der Waals surface area (Å²) in [6.45, 7) is 5.11. The molecule has 3 atom stereocenters. The van der Waals surface area contributed by atoms with Gasteiger partial charge in [-0.25, -0.2) is 4.68 Å². The van der Waals surface area contributed by atoms with Crippen LogP contribution in [0.25, 0.3) is 16.6 Å². The molecule has 3 aliphatic carbocycles. The van der Waals surface area contributed by atoms with Gasteiger partial charge in [0.1, 0.15) is 5.69 Å². The van der Waals surface area contributed by atoms with Crippen LogP contribution in [0.5, 0.6) is 0 Å². The van der Waals surface area contributed by atoms with Gasteiger partial charge in [0.2, 0.25) is 0 Å². The predicted molar refractivity (Wildman–Crippen MR) is 134 cm³/mol. The summed E-state index contributed by atoms with van der Waals surface area (Å²) < 4.78 is 39.3. The van der Waals surface area contributed by atoms with Gasteiger partial charge >= 0.3 is 6.61 Å². The van der Waals surface area contributed by atoms with Crippen LogP contribution in [0, 0.1) is 10.8 Å². The number of hydrogen-bond donors (Lipinski definition) is 0. The number of anilines is 1. The highest BCUT2D eigenvalue weighted by Crippen LogP contribution is 2.98. The average molecular weight is 531 g/mol. The van der Waals surface area contributed by atoms with E-state index in [-0.39, 0.29) is 28.5 Å². The number of aromatic nitrogens is 4. The lowest BCUT2D eigenvalue weighted by Crippen LogP contribution is -2.64. The number of halogens is 3. The Morgan fingerprint density at radius 1 is 1.08 bits per heavy atom. The largest absolute Gasteiger partial charge is 0.377 e. The van der Waals surface area contributed by atoms with E-state index in [0.29, 0.717) is 0 Å². The van der Waals surface area contributed by atoms with Gasteiger partial charge < -0.3 is 14.4 Å². The van der Waals surface area contributed by atoms with Crippen molar-refractivity contribution >= 4 is 28.2 Å². The molecule has 0 radical (unpaired) electrons. The molecule has 4 heterocycles. The Morgan fingerprint density at radius 2 is 1.89 bits per heavy atom. The minimum absolute atomic E-state index is 0.0457. The molecule has 8 nitrogen and oxygen atoms in total. The lowest BCUT2D eigenvalue weighted by atomic mass is 9.80. The maximum atomic E-state index is 12.6. The first-order valence-corrected chi connectivity index (χ1v) is 13.4. The molecule has 11 heteroatoms. The van der Waals surface area contributed by atoms with Crippen LogP contribution < -0.4 is 4.90 Å². The van der Waals surface area contributed by atoms with Gasteiger partial charge in [0.05, 0.1) is 65.7 Å². The standard InChI is InChI=1S/C26H29ClF2N6O2/c1-23(14-36-15-23)33-4-2-32(3-5-33)21-7-20-17(6-19(21)27)8-31-35(20)18-9-30-34(10-18)26-12-24(16-37-22(28)29)11-25(24,26)13-26/h6-10,22H,2-5,11-16H2,1H3. The molecule has 0 amide bonds. The van der Waals surface area contributed by atoms with Crippen LogP contribution in [-0.2, 0) is 15.0 Å². The number of nitrogens with zero attached hydrogens (tertiary/aromatic N) is 6. The van der Waals surface area contributed by atoms with Crippen LogP contribution in [0.2, 0.25) is 5.02 Å². The van der Waals surface area contributed by atoms with Gasteiger partial charge in [-0.3, -0.25) is 9.58 Å². The zero-order valence-corrected chi connectivity index (χ0v) is 21.4. The number of rotatable bonds is 7. The van der Waals surface area contributed by atoms with Crippen LogP contribution in [-0.4, -0.2) is 82.6 Å². The molecule has 1 aromatic carbocycles. The van der Waals surface area contributed by atoms with Crippen LogP contribution in [0.4, 0.5) is 14.5 Å². The Bertz CT molecular complexity index is 1420. The first-order chi connectivity index (χ1) is 17.8. The van der Waals surface area contributed by atoms with Crippen molar-refractivity contribution in [3.05, 3.63) is 35.7 Å². The third kappa shape index (κ3) is 2.93. The number of fused-ring (bicyclic) bond motifs is 1. The number of hydrogen-bond acceptors (Lipinski definition) is 6. The third-order valence-corrected chi connectivity index (χ3v) is 10.4. The van der Waals surface area contributed by atoms with Crippen LogP contribution >= 0.6 is 11.6 Å². The van der Waals surface area contributed by atoms with Gasteiger partial charge in [0, 0.05) is 42.4 Å². The Balaban J connectivity index is 1.03. The van der Waals surface area contributed by atoms with Gasteiger partial charge in [-0.2, -0.15) is 19.0 Å². The van der Waals surface area contributed by atoms with Crippen molar-refractivity contribution in [2.24, 2.45) is 10.8 Å². The molecule has 3 saturated carbocycles. The summed E-state index contributed by atoms with van der Waals surface area (Å²) in [5.41, 5.74) is 3.04. The van der Waals surface area contributed by atoms with E-state index in [4.69, 9.17) is 21.4 Å². The molecule has 0 N–H and O–H groups in total. The van der Waals surface area contributed by atoms with Gasteiger partial charge in [-0.15, -0.1) is 0 Å². The van der Waals surface area contributed by atoms with Crippen LogP contribution in [0.15, 0.2) is 30.7 Å². The van der Waals surface area contributed by atoms with E-state index in [9.17, 15) is 8.78 Å². The summed E-state index contributed by atoms with van der Waals surface area (Å²) in [5.74, 6) is 0. The monoisotopic (exact) mass is 530 g/mol.